The molecule has 3 nitrogen and oxygen atoms in total. The van der Waals surface area contributed by atoms with Crippen LogP contribution in [0.25, 0.3) is 0 Å². The van der Waals surface area contributed by atoms with Gasteiger partial charge in [0.2, 0.25) is 0 Å². The molecule has 1 rings (SSSR count). The van der Waals surface area contributed by atoms with Gasteiger partial charge in [0.1, 0.15) is 16.5 Å². The molecule has 0 saturated heterocycles. The first-order valence-corrected chi connectivity index (χ1v) is 13.2. The fourth-order valence-electron chi connectivity index (χ4n) is 2.32. The summed E-state index contributed by atoms with van der Waals surface area (Å²) in [6.45, 7) is 13.3. The summed E-state index contributed by atoms with van der Waals surface area (Å²) in [5.74, 6) is 0. The van der Waals surface area contributed by atoms with Crippen LogP contribution in [0.15, 0.2) is 30.3 Å². The first-order chi connectivity index (χ1) is 8.12. The fourth-order valence-corrected chi connectivity index (χ4v) is 11.7. The van der Waals surface area contributed by atoms with Gasteiger partial charge in [-0.3, -0.25) is 4.79 Å². The maximum Gasteiger partial charge on any atom is 0.305 e. The Kier molecular flexibility index (Phi) is 4.39. The fraction of sp³-hybridized carbons (Fsp3) is 0.462. The van der Waals surface area contributed by atoms with E-state index in [1.807, 2.05) is 30.3 Å². The van der Waals surface area contributed by atoms with Crippen LogP contribution in [0.5, 0.6) is 0 Å². The molecule has 1 aromatic carbocycles. The van der Waals surface area contributed by atoms with E-state index >= 15 is 0 Å². The molecule has 18 heavy (non-hydrogen) atoms. The Bertz CT molecular complexity index is 393. The van der Waals surface area contributed by atoms with Crippen molar-refractivity contribution in [1.82, 2.24) is 4.23 Å². The molecule has 100 valence electrons. The Morgan fingerprint density at radius 3 is 1.78 bits per heavy atom. The summed E-state index contributed by atoms with van der Waals surface area (Å²) in [5, 5.41) is 3.01. The van der Waals surface area contributed by atoms with E-state index in [0.29, 0.717) is 0 Å². The largest absolute Gasteiger partial charge is 0.378 e. The molecule has 0 fully saturated rings. The minimum Gasteiger partial charge on any atom is -0.378 e. The Morgan fingerprint density at radius 2 is 1.39 bits per heavy atom. The third kappa shape index (κ3) is 3.99. The van der Waals surface area contributed by atoms with Crippen molar-refractivity contribution in [2.24, 2.45) is 0 Å². The zero-order valence-electron chi connectivity index (χ0n) is 12.2. The van der Waals surface area contributed by atoms with Crippen LogP contribution >= 0.6 is 0 Å². The van der Waals surface area contributed by atoms with Crippen molar-refractivity contribution in [1.29, 1.82) is 0 Å². The van der Waals surface area contributed by atoms with Crippen molar-refractivity contribution in [3.8, 4) is 0 Å². The Morgan fingerprint density at radius 1 is 0.944 bits per heavy atom. The SMILES string of the molecule is C[Si](C)(C)N(C(=O)Nc1ccccc1)[Si](C)(C)C. The smallest absolute Gasteiger partial charge is 0.305 e. The highest BCUT2D eigenvalue weighted by atomic mass is 28.4. The molecule has 2 amide bonds. The molecule has 0 unspecified atom stereocenters. The van der Waals surface area contributed by atoms with Crippen LogP contribution in [-0.4, -0.2) is 26.7 Å². The number of nitrogens with zero attached hydrogens (tertiary/aromatic N) is 1. The third-order valence-electron chi connectivity index (χ3n) is 2.57. The molecule has 0 aromatic heterocycles. The number of anilines is 1. The monoisotopic (exact) mass is 280 g/mol. The van der Waals surface area contributed by atoms with E-state index in [0.717, 1.165) is 5.69 Å². The number of benzene rings is 1. The minimum atomic E-state index is -1.66. The lowest BCUT2D eigenvalue weighted by atomic mass is 10.3. The molecule has 0 atom stereocenters. The van der Waals surface area contributed by atoms with Gasteiger partial charge in [-0.25, -0.2) is 0 Å². The number of urea groups is 1. The zero-order valence-corrected chi connectivity index (χ0v) is 14.2. The van der Waals surface area contributed by atoms with Crippen LogP contribution in [0, 0.1) is 0 Å². The molecule has 0 spiro atoms. The second-order valence-corrected chi connectivity index (χ2v) is 16.5. The molecule has 0 radical (unpaired) electrons. The van der Waals surface area contributed by atoms with Gasteiger partial charge in [0.05, 0.1) is 0 Å². The molecule has 1 aromatic rings. The maximum atomic E-state index is 12.5. The van der Waals surface area contributed by atoms with Gasteiger partial charge < -0.3 is 9.55 Å². The van der Waals surface area contributed by atoms with E-state index in [-0.39, 0.29) is 6.03 Å². The van der Waals surface area contributed by atoms with Gasteiger partial charge in [-0.15, -0.1) is 0 Å². The predicted molar refractivity (Wildman–Crippen MR) is 84.0 cm³/mol. The molecule has 0 saturated carbocycles. The van der Waals surface area contributed by atoms with Gasteiger partial charge >= 0.3 is 6.03 Å². The van der Waals surface area contributed by atoms with Gasteiger partial charge in [0, 0.05) is 5.69 Å². The lowest BCUT2D eigenvalue weighted by Crippen LogP contribution is -2.62. The molecule has 0 aliphatic carbocycles. The van der Waals surface area contributed by atoms with Crippen LogP contribution in [0.2, 0.25) is 39.3 Å². The molecular formula is C13H24N2OSi2. The molecule has 0 heterocycles. The van der Waals surface area contributed by atoms with Gasteiger partial charge in [-0.05, 0) is 12.1 Å². The molecular weight excluding hydrogens is 256 g/mol. The summed E-state index contributed by atoms with van der Waals surface area (Å²) in [5.41, 5.74) is 0.865. The molecule has 0 aliphatic heterocycles. The van der Waals surface area contributed by atoms with Crippen molar-refractivity contribution >= 4 is 28.2 Å². The summed E-state index contributed by atoms with van der Waals surface area (Å²) in [7, 11) is -3.31. The second-order valence-electron chi connectivity index (χ2n) is 6.47. The summed E-state index contributed by atoms with van der Waals surface area (Å²) >= 11 is 0. The Hall–Kier alpha value is -1.08. The topological polar surface area (TPSA) is 32.3 Å². The average molecular weight is 281 g/mol. The minimum absolute atomic E-state index is 0.0551. The first-order valence-electron chi connectivity index (χ1n) is 6.29. The predicted octanol–water partition coefficient (Wildman–Crippen LogP) is 4.19. The van der Waals surface area contributed by atoms with Crippen molar-refractivity contribution in [2.75, 3.05) is 5.32 Å². The third-order valence-corrected chi connectivity index (χ3v) is 9.68. The van der Waals surface area contributed by atoms with E-state index in [2.05, 4.69) is 48.8 Å². The second kappa shape index (κ2) is 5.28. The number of hydrogen-bond acceptors (Lipinski definition) is 1. The van der Waals surface area contributed by atoms with Crippen LogP contribution < -0.4 is 5.32 Å². The van der Waals surface area contributed by atoms with E-state index < -0.39 is 16.5 Å². The Labute approximate surface area is 112 Å². The highest BCUT2D eigenvalue weighted by Gasteiger charge is 2.38. The van der Waals surface area contributed by atoms with Crippen LogP contribution in [0.4, 0.5) is 10.5 Å². The molecule has 5 heteroatoms. The number of hydrogen-bond donors (Lipinski definition) is 1. The van der Waals surface area contributed by atoms with Crippen LogP contribution in [0.3, 0.4) is 0 Å². The maximum absolute atomic E-state index is 12.5. The van der Waals surface area contributed by atoms with Gasteiger partial charge in [0.15, 0.2) is 0 Å². The number of para-hydroxylation sites is 1. The van der Waals surface area contributed by atoms with Crippen molar-refractivity contribution in [2.45, 2.75) is 39.3 Å². The summed E-state index contributed by atoms with van der Waals surface area (Å²) < 4.78 is 2.15. The van der Waals surface area contributed by atoms with Crippen LogP contribution in [0.1, 0.15) is 0 Å². The normalized spacial score (nSPS) is 12.1. The van der Waals surface area contributed by atoms with E-state index in [1.54, 1.807) is 0 Å². The highest BCUT2D eigenvalue weighted by molar-refractivity contribution is 6.92. The molecule has 0 aliphatic rings. The number of carbonyl (C=O) groups excluding carboxylic acids is 1. The number of rotatable bonds is 3. The lowest BCUT2D eigenvalue weighted by Gasteiger charge is -2.43. The molecule has 1 N–H and O–H groups in total. The van der Waals surface area contributed by atoms with Gasteiger partial charge in [-0.1, -0.05) is 57.5 Å². The van der Waals surface area contributed by atoms with E-state index in [1.165, 1.54) is 0 Å². The average Bonchev–Trinajstić information content (AvgIpc) is 2.13. The van der Waals surface area contributed by atoms with Crippen LogP contribution in [-0.2, 0) is 0 Å². The van der Waals surface area contributed by atoms with Crippen molar-refractivity contribution in [3.05, 3.63) is 30.3 Å². The number of nitrogens with one attached hydrogen (secondary N) is 1. The van der Waals surface area contributed by atoms with Crippen molar-refractivity contribution in [3.63, 3.8) is 0 Å². The highest BCUT2D eigenvalue weighted by Crippen LogP contribution is 2.21. The molecule has 0 bridgehead atoms. The lowest BCUT2D eigenvalue weighted by molar-refractivity contribution is 0.245. The number of carbonyl (C=O) groups is 1. The van der Waals surface area contributed by atoms with Gasteiger partial charge in [0.25, 0.3) is 0 Å². The summed E-state index contributed by atoms with van der Waals surface area (Å²) in [4.78, 5) is 12.5. The summed E-state index contributed by atoms with van der Waals surface area (Å²) in [6, 6.07) is 9.71. The standard InChI is InChI=1S/C13H24N2OSi2/c1-17(2,3)15(18(4,5)6)13(16)14-12-10-8-7-9-11-12/h7-11H,1-6H3,(H,14,16). The van der Waals surface area contributed by atoms with E-state index in [9.17, 15) is 4.79 Å². The zero-order chi connectivity index (χ0) is 14.0. The first kappa shape index (κ1) is 15.0. The quantitative estimate of drug-likeness (QED) is 0.827. The summed E-state index contributed by atoms with van der Waals surface area (Å²) in [6.07, 6.45) is 0. The number of amides is 2. The van der Waals surface area contributed by atoms with Gasteiger partial charge in [-0.2, -0.15) is 0 Å². The van der Waals surface area contributed by atoms with Crippen molar-refractivity contribution < 1.29 is 4.79 Å². The van der Waals surface area contributed by atoms with E-state index in [4.69, 9.17) is 0 Å². The Balaban J connectivity index is 2.92.